The Morgan fingerprint density at radius 2 is 2.31 bits per heavy atom. The second-order valence-electron chi connectivity index (χ2n) is 3.96. The Morgan fingerprint density at radius 1 is 1.46 bits per heavy atom. The first-order chi connectivity index (χ1) is 6.29. The molecule has 2 rings (SSSR count). The molecule has 0 saturated carbocycles. The van der Waals surface area contributed by atoms with Crippen molar-refractivity contribution in [1.29, 1.82) is 0 Å². The molecule has 4 nitrogen and oxygen atoms in total. The second-order valence-corrected chi connectivity index (χ2v) is 3.96. The molecule has 0 aromatic carbocycles. The van der Waals surface area contributed by atoms with Crippen molar-refractivity contribution in [3.05, 3.63) is 0 Å². The summed E-state index contributed by atoms with van der Waals surface area (Å²) >= 11 is 0. The summed E-state index contributed by atoms with van der Waals surface area (Å²) in [5.41, 5.74) is 5.38. The number of piperazine rings is 1. The maximum Gasteiger partial charge on any atom is 0.222 e. The minimum absolute atomic E-state index is 0.0709. The van der Waals surface area contributed by atoms with Crippen molar-refractivity contribution >= 4 is 5.91 Å². The summed E-state index contributed by atoms with van der Waals surface area (Å²) in [4.78, 5) is 13.6. The van der Waals surface area contributed by atoms with Crippen molar-refractivity contribution in [2.45, 2.75) is 18.9 Å². The van der Waals surface area contributed by atoms with E-state index in [1.807, 2.05) is 0 Å². The van der Waals surface area contributed by atoms with Gasteiger partial charge in [-0.05, 0) is 19.4 Å². The van der Waals surface area contributed by atoms with E-state index >= 15 is 0 Å². The Bertz CT molecular complexity index is 205. The molecule has 2 heterocycles. The number of rotatable bonds is 1. The summed E-state index contributed by atoms with van der Waals surface area (Å²) in [7, 11) is 0. The Hall–Kier alpha value is -0.610. The molecule has 1 amide bonds. The van der Waals surface area contributed by atoms with Crippen LogP contribution in [0, 0.1) is 5.92 Å². The van der Waals surface area contributed by atoms with Crippen LogP contribution in [0.4, 0.5) is 0 Å². The predicted octanol–water partition coefficient (Wildman–Crippen LogP) is -0.844. The van der Waals surface area contributed by atoms with Gasteiger partial charge in [-0.1, -0.05) is 0 Å². The molecule has 2 aliphatic rings. The van der Waals surface area contributed by atoms with Crippen molar-refractivity contribution in [3.8, 4) is 0 Å². The average Bonchev–Trinajstić information content (AvgIpc) is 2.17. The van der Waals surface area contributed by atoms with Crippen LogP contribution in [0.3, 0.4) is 0 Å². The molecule has 13 heavy (non-hydrogen) atoms. The van der Waals surface area contributed by atoms with Crippen LogP contribution < -0.4 is 11.1 Å². The molecule has 2 unspecified atom stereocenters. The van der Waals surface area contributed by atoms with Gasteiger partial charge >= 0.3 is 0 Å². The standard InChI is InChI=1S/C9H17N3O/c10-9(13)7-2-1-4-12-5-3-11-6-8(7)12/h7-8,11H,1-6H2,(H2,10,13). The molecule has 0 spiro atoms. The van der Waals surface area contributed by atoms with E-state index in [1.54, 1.807) is 0 Å². The van der Waals surface area contributed by atoms with Gasteiger partial charge in [0, 0.05) is 25.7 Å². The van der Waals surface area contributed by atoms with Gasteiger partial charge in [0.2, 0.25) is 5.91 Å². The largest absolute Gasteiger partial charge is 0.369 e. The van der Waals surface area contributed by atoms with E-state index in [2.05, 4.69) is 10.2 Å². The van der Waals surface area contributed by atoms with Gasteiger partial charge in [0.25, 0.3) is 0 Å². The molecule has 0 bridgehead atoms. The van der Waals surface area contributed by atoms with E-state index in [-0.39, 0.29) is 11.8 Å². The van der Waals surface area contributed by atoms with Crippen molar-refractivity contribution in [2.24, 2.45) is 11.7 Å². The Balaban J connectivity index is 2.06. The predicted molar refractivity (Wildman–Crippen MR) is 50.1 cm³/mol. The third kappa shape index (κ3) is 1.69. The summed E-state index contributed by atoms with van der Waals surface area (Å²) in [6.45, 7) is 4.17. The molecule has 2 atom stereocenters. The number of amides is 1. The lowest BCUT2D eigenvalue weighted by molar-refractivity contribution is -0.126. The highest BCUT2D eigenvalue weighted by Crippen LogP contribution is 2.24. The van der Waals surface area contributed by atoms with E-state index in [4.69, 9.17) is 5.73 Å². The highest BCUT2D eigenvalue weighted by atomic mass is 16.1. The third-order valence-electron chi connectivity index (χ3n) is 3.19. The smallest absolute Gasteiger partial charge is 0.222 e. The Kier molecular flexibility index (Phi) is 2.51. The third-order valence-corrected chi connectivity index (χ3v) is 3.19. The number of nitrogens with two attached hydrogens (primary N) is 1. The number of primary amides is 1. The zero-order chi connectivity index (χ0) is 9.26. The maximum atomic E-state index is 11.2. The van der Waals surface area contributed by atoms with Gasteiger partial charge in [-0.2, -0.15) is 0 Å². The number of nitrogens with one attached hydrogen (secondary N) is 1. The molecule has 3 N–H and O–H groups in total. The number of fused-ring (bicyclic) bond motifs is 1. The van der Waals surface area contributed by atoms with Crippen LogP contribution in [-0.4, -0.2) is 43.0 Å². The quantitative estimate of drug-likeness (QED) is 0.557. The molecule has 0 aliphatic carbocycles. The first-order valence-corrected chi connectivity index (χ1v) is 5.03. The van der Waals surface area contributed by atoms with Crippen LogP contribution in [0.1, 0.15) is 12.8 Å². The minimum Gasteiger partial charge on any atom is -0.369 e. The fourth-order valence-corrected chi connectivity index (χ4v) is 2.48. The molecule has 2 aliphatic heterocycles. The van der Waals surface area contributed by atoms with Gasteiger partial charge in [0.1, 0.15) is 0 Å². The van der Waals surface area contributed by atoms with E-state index in [0.29, 0.717) is 6.04 Å². The lowest BCUT2D eigenvalue weighted by Gasteiger charge is -2.43. The molecule has 4 heteroatoms. The van der Waals surface area contributed by atoms with E-state index in [1.165, 1.54) is 0 Å². The molecule has 74 valence electrons. The number of carbonyl (C=O) groups excluding carboxylic acids is 1. The highest BCUT2D eigenvalue weighted by Gasteiger charge is 2.35. The SMILES string of the molecule is NC(=O)C1CCCN2CCNCC12. The summed E-state index contributed by atoms with van der Waals surface area (Å²) in [6.07, 6.45) is 2.09. The molecular weight excluding hydrogens is 166 g/mol. The second kappa shape index (κ2) is 3.64. The van der Waals surface area contributed by atoms with E-state index in [9.17, 15) is 4.79 Å². The highest BCUT2D eigenvalue weighted by molar-refractivity contribution is 5.77. The fraction of sp³-hybridized carbons (Fsp3) is 0.889. The fourth-order valence-electron chi connectivity index (χ4n) is 2.48. The Labute approximate surface area is 78.5 Å². The summed E-state index contributed by atoms with van der Waals surface area (Å²) in [5, 5.41) is 3.32. The molecule has 2 saturated heterocycles. The first-order valence-electron chi connectivity index (χ1n) is 5.03. The Morgan fingerprint density at radius 3 is 3.08 bits per heavy atom. The lowest BCUT2D eigenvalue weighted by Crippen LogP contribution is -2.59. The number of carbonyl (C=O) groups is 1. The van der Waals surface area contributed by atoms with Gasteiger partial charge in [-0.15, -0.1) is 0 Å². The van der Waals surface area contributed by atoms with Crippen molar-refractivity contribution in [3.63, 3.8) is 0 Å². The summed E-state index contributed by atoms with van der Waals surface area (Å²) in [6, 6.07) is 0.361. The molecular formula is C9H17N3O. The van der Waals surface area contributed by atoms with Crippen molar-refractivity contribution in [1.82, 2.24) is 10.2 Å². The summed E-state index contributed by atoms with van der Waals surface area (Å²) < 4.78 is 0. The zero-order valence-electron chi connectivity index (χ0n) is 7.83. The first kappa shape index (κ1) is 8.97. The number of piperidine rings is 1. The van der Waals surface area contributed by atoms with Gasteiger partial charge in [-0.3, -0.25) is 9.69 Å². The average molecular weight is 183 g/mol. The van der Waals surface area contributed by atoms with Gasteiger partial charge in [0.15, 0.2) is 0 Å². The van der Waals surface area contributed by atoms with Crippen LogP contribution in [0.15, 0.2) is 0 Å². The molecule has 0 aromatic rings. The number of hydrogen-bond acceptors (Lipinski definition) is 3. The molecule has 0 radical (unpaired) electrons. The zero-order valence-corrected chi connectivity index (χ0v) is 7.83. The number of hydrogen-bond donors (Lipinski definition) is 2. The number of nitrogens with zero attached hydrogens (tertiary/aromatic N) is 1. The van der Waals surface area contributed by atoms with Crippen molar-refractivity contribution in [2.75, 3.05) is 26.2 Å². The minimum atomic E-state index is -0.126. The summed E-state index contributed by atoms with van der Waals surface area (Å²) in [5.74, 6) is -0.0556. The van der Waals surface area contributed by atoms with Crippen LogP contribution in [0.5, 0.6) is 0 Å². The van der Waals surface area contributed by atoms with Gasteiger partial charge in [-0.25, -0.2) is 0 Å². The van der Waals surface area contributed by atoms with Crippen LogP contribution in [0.25, 0.3) is 0 Å². The lowest BCUT2D eigenvalue weighted by atomic mass is 9.87. The molecule has 2 fully saturated rings. The van der Waals surface area contributed by atoms with Crippen molar-refractivity contribution < 1.29 is 4.79 Å². The van der Waals surface area contributed by atoms with E-state index < -0.39 is 0 Å². The monoisotopic (exact) mass is 183 g/mol. The van der Waals surface area contributed by atoms with E-state index in [0.717, 1.165) is 39.0 Å². The van der Waals surface area contributed by atoms with Crippen LogP contribution >= 0.6 is 0 Å². The van der Waals surface area contributed by atoms with Crippen LogP contribution in [0.2, 0.25) is 0 Å². The topological polar surface area (TPSA) is 58.4 Å². The normalized spacial score (nSPS) is 35.4. The molecule has 0 aromatic heterocycles. The van der Waals surface area contributed by atoms with Crippen LogP contribution in [-0.2, 0) is 4.79 Å². The van der Waals surface area contributed by atoms with Gasteiger partial charge in [0.05, 0.1) is 5.92 Å². The maximum absolute atomic E-state index is 11.2. The van der Waals surface area contributed by atoms with Gasteiger partial charge < -0.3 is 11.1 Å².